The number of carbonyl (C=O) groups is 2. The lowest BCUT2D eigenvalue weighted by atomic mass is 9.72. The number of amides is 2. The van der Waals surface area contributed by atoms with E-state index in [1.807, 2.05) is 30.9 Å². The second-order valence-corrected chi connectivity index (χ2v) is 24.0. The Morgan fingerprint density at radius 2 is 1.64 bits per heavy atom. The van der Waals surface area contributed by atoms with Crippen molar-refractivity contribution < 1.29 is 41.2 Å². The monoisotopic (exact) mass is 1210 g/mol. The second kappa shape index (κ2) is 28.1. The maximum absolute atomic E-state index is 17.4. The number of aliphatic hydroxyl groups excluding tert-OH is 1. The number of piperazine rings is 1. The van der Waals surface area contributed by atoms with Crippen LogP contribution in [0.3, 0.4) is 0 Å². The number of fused-ring (bicyclic) bond motifs is 3. The van der Waals surface area contributed by atoms with Gasteiger partial charge in [-0.1, -0.05) is 86.5 Å². The fourth-order valence-corrected chi connectivity index (χ4v) is 13.8. The standard InChI is InChI=1S/C45H53ClF2N10O2S.C15H12F3NO.C2H6.CH4O/c1-25(2)36(44(59)58-14-5-6-26(58)3)34-19-35(54-60-34)57-23-45(24-57)11-15-55(16-12-45)17-13-52-40-30(43(51-4)56-21-27-7-8-28(22-56)53-27)18-32(46)38(39(40)48)29-9-10-33(47)41-37(29)31(20-49)42(50)61-41;1-9(19-8-20)10-2-4-11(5-3-10)15-13(17)6-12(16)7-14(15)18;2*1-2/h9-10,18-19,25-28,36,50,52-53H,4-8,11-17,21-24H2,1-3H3;2-9H,1H3,(H,19,20);1-2H3;2H,1H3/b38-29+,43-30+,50-42?;;;. The average molecular weight is 1210 g/mol. The number of carbonyl (C=O) groups excluding carboxylic acids is 2. The van der Waals surface area contributed by atoms with Crippen LogP contribution in [0.2, 0.25) is 5.02 Å². The molecule has 85 heavy (non-hydrogen) atoms. The first-order valence-corrected chi connectivity index (χ1v) is 30.2. The number of aliphatic hydroxyl groups is 1. The highest BCUT2D eigenvalue weighted by Crippen LogP contribution is 2.43. The molecule has 2 bridgehead atoms. The highest BCUT2D eigenvalue weighted by molar-refractivity contribution is 8.15. The van der Waals surface area contributed by atoms with Crippen LogP contribution in [-0.4, -0.2) is 133 Å². The first kappa shape index (κ1) is 64.2. The molecule has 5 N–H and O–H groups in total. The van der Waals surface area contributed by atoms with E-state index >= 15 is 8.78 Å². The number of piperidine rings is 1. The Labute approximate surface area is 502 Å². The molecule has 22 heteroatoms. The molecule has 1 aromatic heterocycles. The van der Waals surface area contributed by atoms with Gasteiger partial charge in [0.1, 0.15) is 46.1 Å². The zero-order chi connectivity index (χ0) is 61.4. The first-order valence-electron chi connectivity index (χ1n) is 29.0. The number of halogens is 6. The van der Waals surface area contributed by atoms with Crippen molar-refractivity contribution in [3.8, 4) is 17.2 Å². The van der Waals surface area contributed by atoms with Crippen molar-refractivity contribution in [3.63, 3.8) is 0 Å². The molecular weight excluding hydrogens is 1140 g/mol. The Hall–Kier alpha value is -6.83. The van der Waals surface area contributed by atoms with Gasteiger partial charge in [-0.05, 0) is 107 Å². The molecule has 15 nitrogen and oxygen atoms in total. The quantitative estimate of drug-likeness (QED) is 0.0403. The molecule has 7 heterocycles. The molecule has 11 rings (SSSR count). The topological polar surface area (TPSA) is 189 Å². The summed E-state index contributed by atoms with van der Waals surface area (Å²) >= 11 is 7.84. The predicted octanol–water partition coefficient (Wildman–Crippen LogP) is 9.83. The van der Waals surface area contributed by atoms with Crippen LogP contribution in [0.15, 0.2) is 75.1 Å². The summed E-state index contributed by atoms with van der Waals surface area (Å²) in [5.74, 6) is -2.20. The summed E-state index contributed by atoms with van der Waals surface area (Å²) in [4.78, 5) is 37.3. The van der Waals surface area contributed by atoms with Crippen molar-refractivity contribution in [1.29, 1.82) is 10.7 Å². The minimum atomic E-state index is -0.954. The lowest BCUT2D eigenvalue weighted by Gasteiger charge is -2.54. The van der Waals surface area contributed by atoms with Gasteiger partial charge in [-0.2, -0.15) is 5.26 Å². The summed E-state index contributed by atoms with van der Waals surface area (Å²) < 4.78 is 78.4. The van der Waals surface area contributed by atoms with E-state index in [9.17, 15) is 28.0 Å². The summed E-state index contributed by atoms with van der Waals surface area (Å²) in [7, 11) is 1.00. The average Bonchev–Trinajstić information content (AvgIpc) is 1.92. The maximum Gasteiger partial charge on any atom is 0.233 e. The van der Waals surface area contributed by atoms with E-state index in [2.05, 4.69) is 68.3 Å². The molecular formula is C63H75ClF5N11O4S. The number of nitrogens with one attached hydrogen (secondary N) is 4. The summed E-state index contributed by atoms with van der Waals surface area (Å²) in [6.45, 7) is 22.8. The van der Waals surface area contributed by atoms with Crippen molar-refractivity contribution in [2.24, 2.45) is 16.3 Å². The fourth-order valence-electron chi connectivity index (χ4n) is 12.6. The van der Waals surface area contributed by atoms with Crippen LogP contribution in [0.5, 0.6) is 0 Å². The third kappa shape index (κ3) is 13.6. The van der Waals surface area contributed by atoms with Gasteiger partial charge in [0.25, 0.3) is 0 Å². The van der Waals surface area contributed by atoms with Gasteiger partial charge < -0.3 is 45.2 Å². The van der Waals surface area contributed by atoms with Gasteiger partial charge in [0.15, 0.2) is 17.4 Å². The second-order valence-electron chi connectivity index (χ2n) is 22.5. The molecule has 5 unspecified atom stereocenters. The van der Waals surface area contributed by atoms with E-state index in [0.29, 0.717) is 79.2 Å². The molecule has 5 aromatic rings. The molecule has 4 aromatic carbocycles. The highest BCUT2D eigenvalue weighted by Gasteiger charge is 2.46. The zero-order valence-electron chi connectivity index (χ0n) is 49.1. The first-order chi connectivity index (χ1) is 40.9. The SMILES string of the molecule is C=N/C(=c1/cc(Cl)/c(=c2/ccc(F)c3c2=C(C#N)C(=N)S3)c(F)c1NCCN1CCC2(CC1)CN(c1cc(C(C(=O)N3CCCC3C)C(C)C)on1)C2)N1CC2CCC(C1)N2.CC.CC(NC=O)c1ccc(-c2c(F)cc(F)cc2F)cc1.CO. The van der Waals surface area contributed by atoms with E-state index < -0.39 is 29.1 Å². The number of nitriles is 1. The maximum atomic E-state index is 17.4. The summed E-state index contributed by atoms with van der Waals surface area (Å²) in [5, 5.41) is 40.4. The predicted molar refractivity (Wildman–Crippen MR) is 324 cm³/mol. The summed E-state index contributed by atoms with van der Waals surface area (Å²) in [5.41, 5.74) is 1.22. The molecule has 0 radical (unpaired) electrons. The van der Waals surface area contributed by atoms with Gasteiger partial charge in [0.2, 0.25) is 12.3 Å². The molecule has 6 aliphatic rings. The number of benzene rings is 4. The Balaban J connectivity index is 0.000000329. The Kier molecular flexibility index (Phi) is 21.2. The molecule has 0 aliphatic carbocycles. The molecule has 5 atom stereocenters. The summed E-state index contributed by atoms with van der Waals surface area (Å²) in [6.07, 6.45) is 6.80. The highest BCUT2D eigenvalue weighted by atomic mass is 35.5. The van der Waals surface area contributed by atoms with Crippen LogP contribution in [-0.2, 0) is 9.59 Å². The van der Waals surface area contributed by atoms with Crippen molar-refractivity contribution in [1.82, 2.24) is 30.5 Å². The van der Waals surface area contributed by atoms with Crippen molar-refractivity contribution >= 4 is 70.3 Å². The largest absolute Gasteiger partial charge is 0.400 e. The third-order valence-corrected chi connectivity index (χ3v) is 18.2. The van der Waals surface area contributed by atoms with E-state index in [1.54, 1.807) is 25.1 Å². The molecule has 5 saturated heterocycles. The normalized spacial score (nSPS) is 20.8. The third-order valence-electron chi connectivity index (χ3n) is 16.9. The number of hydrogen-bond donors (Lipinski definition) is 5. The van der Waals surface area contributed by atoms with Crippen LogP contribution in [0, 0.1) is 67.6 Å². The molecule has 0 saturated carbocycles. The number of thioether (sulfide) groups is 1. The molecule has 454 valence electrons. The van der Waals surface area contributed by atoms with Crippen LogP contribution in [0.4, 0.5) is 33.5 Å². The Morgan fingerprint density at radius 1 is 0.976 bits per heavy atom. The molecule has 6 aliphatic heterocycles. The zero-order valence-corrected chi connectivity index (χ0v) is 50.7. The van der Waals surface area contributed by atoms with Gasteiger partial charge in [-0.15, -0.1) is 0 Å². The van der Waals surface area contributed by atoms with E-state index in [1.165, 1.54) is 24.3 Å². The van der Waals surface area contributed by atoms with Crippen molar-refractivity contribution in [2.75, 3.05) is 76.2 Å². The van der Waals surface area contributed by atoms with Gasteiger partial charge in [-0.25, -0.2) is 26.9 Å². The number of aromatic nitrogens is 1. The van der Waals surface area contributed by atoms with Crippen LogP contribution in [0.1, 0.15) is 103 Å². The van der Waals surface area contributed by atoms with Gasteiger partial charge >= 0.3 is 0 Å². The van der Waals surface area contributed by atoms with Crippen LogP contribution >= 0.6 is 23.4 Å². The number of aliphatic imine (C=N–C) groups is 1. The number of anilines is 2. The minimum Gasteiger partial charge on any atom is -0.400 e. The Morgan fingerprint density at radius 3 is 2.22 bits per heavy atom. The van der Waals surface area contributed by atoms with Crippen LogP contribution in [0.25, 0.3) is 22.5 Å². The van der Waals surface area contributed by atoms with E-state index in [4.69, 9.17) is 26.6 Å². The van der Waals surface area contributed by atoms with Crippen LogP contribution < -0.4 is 31.3 Å². The minimum absolute atomic E-state index is 0.0121. The summed E-state index contributed by atoms with van der Waals surface area (Å²) in [6, 6.07) is 16.7. The smallest absolute Gasteiger partial charge is 0.233 e. The molecule has 2 amide bonds. The molecule has 1 spiro atoms. The van der Waals surface area contributed by atoms with E-state index in [0.717, 1.165) is 102 Å². The van der Waals surface area contributed by atoms with E-state index in [-0.39, 0.29) is 82.7 Å². The van der Waals surface area contributed by atoms with Gasteiger partial charge in [0, 0.05) is 110 Å². The lowest BCUT2D eigenvalue weighted by Crippen LogP contribution is -2.60. The number of nitrogens with zero attached hydrogens (tertiary/aromatic N) is 7. The van der Waals surface area contributed by atoms with Crippen molar-refractivity contribution in [3.05, 3.63) is 127 Å². The fraction of sp³-hybridized carbons (Fsp3) is 0.460. The number of likely N-dealkylation sites (tertiary alicyclic amines) is 3. The molecule has 5 fully saturated rings. The number of hydrogen-bond acceptors (Lipinski definition) is 14. The van der Waals surface area contributed by atoms with Gasteiger partial charge in [0.05, 0.1) is 32.8 Å². The van der Waals surface area contributed by atoms with Crippen molar-refractivity contribution in [2.45, 2.75) is 115 Å². The van der Waals surface area contributed by atoms with Gasteiger partial charge in [-0.3, -0.25) is 15.0 Å². The lowest BCUT2D eigenvalue weighted by molar-refractivity contribution is -0.135. The Bertz CT molecular complexity index is 3520. The number of rotatable bonds is 14.